The Bertz CT molecular complexity index is 782. The second-order valence-corrected chi connectivity index (χ2v) is 5.76. The number of anilines is 1. The molecule has 3 nitrogen and oxygen atoms in total. The van der Waals surface area contributed by atoms with Crippen molar-refractivity contribution < 1.29 is 4.39 Å². The Labute approximate surface area is 136 Å². The zero-order valence-electron chi connectivity index (χ0n) is 11.3. The number of hydrogen-bond donors (Lipinski definition) is 1. The van der Waals surface area contributed by atoms with Crippen molar-refractivity contribution in [3.8, 4) is 11.3 Å². The van der Waals surface area contributed by atoms with E-state index >= 15 is 0 Å². The molecule has 1 aromatic heterocycles. The number of thiazole rings is 1. The lowest BCUT2D eigenvalue weighted by molar-refractivity contribution is 0.628. The summed E-state index contributed by atoms with van der Waals surface area (Å²) in [4.78, 5) is 4.41. The van der Waals surface area contributed by atoms with Gasteiger partial charge in [0.2, 0.25) is 5.13 Å². The zero-order valence-corrected chi connectivity index (χ0v) is 12.9. The second-order valence-electron chi connectivity index (χ2n) is 4.47. The van der Waals surface area contributed by atoms with E-state index in [1.807, 2.05) is 17.5 Å². The monoisotopic (exact) mass is 331 g/mol. The Balaban J connectivity index is 1.66. The molecule has 0 bridgehead atoms. The molecule has 0 unspecified atom stereocenters. The molecule has 0 aliphatic heterocycles. The standard InChI is InChI=1S/C16H11ClFN3S/c17-13-5-1-11(2-6-13)9-19-21-16-20-15(10-22-16)12-3-7-14(18)8-4-12/h1-10H,(H,20,21)/b19-9-. The van der Waals surface area contributed by atoms with Gasteiger partial charge in [-0.05, 0) is 42.0 Å². The van der Waals surface area contributed by atoms with E-state index in [2.05, 4.69) is 15.5 Å². The molecule has 2 aromatic carbocycles. The third-order valence-corrected chi connectivity index (χ3v) is 3.89. The topological polar surface area (TPSA) is 37.3 Å². The molecule has 1 N–H and O–H groups in total. The molecule has 3 rings (SSSR count). The maximum absolute atomic E-state index is 12.9. The third-order valence-electron chi connectivity index (χ3n) is 2.89. The maximum Gasteiger partial charge on any atom is 0.203 e. The third kappa shape index (κ3) is 3.69. The van der Waals surface area contributed by atoms with E-state index in [4.69, 9.17) is 11.6 Å². The molecule has 0 saturated heterocycles. The molecule has 0 atom stereocenters. The highest BCUT2D eigenvalue weighted by atomic mass is 35.5. The number of halogens is 2. The summed E-state index contributed by atoms with van der Waals surface area (Å²) < 4.78 is 12.9. The van der Waals surface area contributed by atoms with Gasteiger partial charge < -0.3 is 0 Å². The lowest BCUT2D eigenvalue weighted by Gasteiger charge is -1.96. The predicted octanol–water partition coefficient (Wildman–Crippen LogP) is 5.05. The molecule has 0 aliphatic carbocycles. The Hall–Kier alpha value is -2.24. The number of benzene rings is 2. The highest BCUT2D eigenvalue weighted by molar-refractivity contribution is 7.14. The molecule has 6 heteroatoms. The van der Waals surface area contributed by atoms with Crippen molar-refractivity contribution in [2.24, 2.45) is 5.10 Å². The quantitative estimate of drug-likeness (QED) is 0.536. The van der Waals surface area contributed by atoms with Crippen molar-refractivity contribution in [1.29, 1.82) is 0 Å². The van der Waals surface area contributed by atoms with Crippen LogP contribution in [0.1, 0.15) is 5.56 Å². The van der Waals surface area contributed by atoms with Crippen LogP contribution in [0.5, 0.6) is 0 Å². The first-order valence-corrected chi connectivity index (χ1v) is 7.72. The smallest absolute Gasteiger partial charge is 0.203 e. The summed E-state index contributed by atoms with van der Waals surface area (Å²) in [5.74, 6) is -0.259. The van der Waals surface area contributed by atoms with Crippen molar-refractivity contribution in [2.45, 2.75) is 0 Å². The van der Waals surface area contributed by atoms with E-state index in [0.717, 1.165) is 16.8 Å². The minimum atomic E-state index is -0.259. The normalized spacial score (nSPS) is 11.0. The van der Waals surface area contributed by atoms with Crippen LogP contribution < -0.4 is 5.43 Å². The van der Waals surface area contributed by atoms with Gasteiger partial charge >= 0.3 is 0 Å². The molecular formula is C16H11ClFN3S. The van der Waals surface area contributed by atoms with Gasteiger partial charge in [-0.1, -0.05) is 23.7 Å². The van der Waals surface area contributed by atoms with Crippen LogP contribution >= 0.6 is 22.9 Å². The predicted molar refractivity (Wildman–Crippen MR) is 90.2 cm³/mol. The van der Waals surface area contributed by atoms with Gasteiger partial charge in [-0.25, -0.2) is 9.37 Å². The van der Waals surface area contributed by atoms with Crippen molar-refractivity contribution in [2.75, 3.05) is 5.43 Å². The first-order valence-electron chi connectivity index (χ1n) is 6.47. The van der Waals surface area contributed by atoms with Crippen molar-refractivity contribution in [3.05, 3.63) is 70.3 Å². The highest BCUT2D eigenvalue weighted by Gasteiger charge is 2.03. The van der Waals surface area contributed by atoms with E-state index in [9.17, 15) is 4.39 Å². The zero-order chi connectivity index (χ0) is 15.4. The molecule has 0 amide bonds. The van der Waals surface area contributed by atoms with Crippen molar-refractivity contribution in [3.63, 3.8) is 0 Å². The first kappa shape index (κ1) is 14.7. The van der Waals surface area contributed by atoms with Crippen LogP contribution in [0.2, 0.25) is 5.02 Å². The summed E-state index contributed by atoms with van der Waals surface area (Å²) in [5.41, 5.74) is 5.47. The fraction of sp³-hybridized carbons (Fsp3) is 0. The largest absolute Gasteiger partial charge is 0.253 e. The van der Waals surface area contributed by atoms with E-state index in [1.165, 1.54) is 23.5 Å². The van der Waals surface area contributed by atoms with Gasteiger partial charge in [0.05, 0.1) is 11.9 Å². The van der Waals surface area contributed by atoms with Crippen molar-refractivity contribution >= 4 is 34.3 Å². The van der Waals surface area contributed by atoms with E-state index in [1.54, 1.807) is 30.5 Å². The van der Waals surface area contributed by atoms with Gasteiger partial charge in [0.1, 0.15) is 5.82 Å². The fourth-order valence-corrected chi connectivity index (χ4v) is 2.58. The lowest BCUT2D eigenvalue weighted by atomic mass is 10.2. The molecule has 0 fully saturated rings. The number of nitrogens with zero attached hydrogens (tertiary/aromatic N) is 2. The van der Waals surface area contributed by atoms with Crippen LogP contribution in [0.15, 0.2) is 59.0 Å². The van der Waals surface area contributed by atoms with E-state index in [0.29, 0.717) is 10.2 Å². The minimum Gasteiger partial charge on any atom is -0.253 e. The van der Waals surface area contributed by atoms with Gasteiger partial charge in [-0.15, -0.1) is 11.3 Å². The Morgan fingerprint density at radius 3 is 2.55 bits per heavy atom. The Morgan fingerprint density at radius 1 is 1.09 bits per heavy atom. The van der Waals surface area contributed by atoms with Gasteiger partial charge in [-0.2, -0.15) is 5.10 Å². The van der Waals surface area contributed by atoms with Gasteiger partial charge in [0.15, 0.2) is 0 Å². The van der Waals surface area contributed by atoms with Crippen LogP contribution in [-0.4, -0.2) is 11.2 Å². The van der Waals surface area contributed by atoms with Gasteiger partial charge in [0.25, 0.3) is 0 Å². The van der Waals surface area contributed by atoms with Crippen LogP contribution in [0.25, 0.3) is 11.3 Å². The summed E-state index contributed by atoms with van der Waals surface area (Å²) >= 11 is 7.26. The Kier molecular flexibility index (Phi) is 4.46. The molecule has 1 heterocycles. The van der Waals surface area contributed by atoms with Crippen molar-refractivity contribution in [1.82, 2.24) is 4.98 Å². The maximum atomic E-state index is 12.9. The van der Waals surface area contributed by atoms with Crippen LogP contribution in [0.3, 0.4) is 0 Å². The first-order chi connectivity index (χ1) is 10.7. The molecule has 3 aromatic rings. The number of nitrogens with one attached hydrogen (secondary N) is 1. The number of hydrazone groups is 1. The summed E-state index contributed by atoms with van der Waals surface area (Å²) in [6.07, 6.45) is 1.69. The molecule has 22 heavy (non-hydrogen) atoms. The lowest BCUT2D eigenvalue weighted by Crippen LogP contribution is -1.90. The summed E-state index contributed by atoms with van der Waals surface area (Å²) in [6, 6.07) is 13.6. The Morgan fingerprint density at radius 2 is 1.82 bits per heavy atom. The van der Waals surface area contributed by atoms with Gasteiger partial charge in [-0.3, -0.25) is 5.43 Å². The van der Waals surface area contributed by atoms with Gasteiger partial charge in [0, 0.05) is 16.0 Å². The van der Waals surface area contributed by atoms with E-state index in [-0.39, 0.29) is 5.82 Å². The number of rotatable bonds is 4. The van der Waals surface area contributed by atoms with Crippen LogP contribution in [-0.2, 0) is 0 Å². The molecular weight excluding hydrogens is 321 g/mol. The average Bonchev–Trinajstić information content (AvgIpc) is 2.99. The number of hydrogen-bond acceptors (Lipinski definition) is 4. The second kappa shape index (κ2) is 6.68. The SMILES string of the molecule is Fc1ccc(-c2csc(N/N=C\c3ccc(Cl)cc3)n2)cc1. The molecule has 0 spiro atoms. The molecule has 0 radical (unpaired) electrons. The van der Waals surface area contributed by atoms with E-state index < -0.39 is 0 Å². The molecule has 0 aliphatic rings. The van der Waals surface area contributed by atoms with Crippen LogP contribution in [0, 0.1) is 5.82 Å². The fourth-order valence-electron chi connectivity index (χ4n) is 1.79. The summed E-state index contributed by atoms with van der Waals surface area (Å²) in [6.45, 7) is 0. The summed E-state index contributed by atoms with van der Waals surface area (Å²) in [7, 11) is 0. The molecule has 110 valence electrons. The molecule has 0 saturated carbocycles. The average molecular weight is 332 g/mol. The number of aromatic nitrogens is 1. The highest BCUT2D eigenvalue weighted by Crippen LogP contribution is 2.24. The van der Waals surface area contributed by atoms with Crippen LogP contribution in [0.4, 0.5) is 9.52 Å². The minimum absolute atomic E-state index is 0.259. The summed E-state index contributed by atoms with van der Waals surface area (Å²) in [5, 5.41) is 7.39.